The molecule has 2 rings (SSSR count). The minimum absolute atomic E-state index is 0.732. The molecule has 0 bridgehead atoms. The van der Waals surface area contributed by atoms with Crippen LogP contribution in [-0.4, -0.2) is 20.8 Å². The standard InChI is InChI=1S/C15H28N4/c1-2-3-4-5-6-7-8-11-19-13-17-15(18-19)12-16-14-9-10-14/h13-14,16H,2-12H2,1H3. The van der Waals surface area contributed by atoms with E-state index < -0.39 is 0 Å². The Morgan fingerprint density at radius 3 is 2.63 bits per heavy atom. The van der Waals surface area contributed by atoms with Gasteiger partial charge in [0.2, 0.25) is 0 Å². The molecule has 0 radical (unpaired) electrons. The van der Waals surface area contributed by atoms with Crippen molar-refractivity contribution in [2.45, 2.75) is 83.8 Å². The van der Waals surface area contributed by atoms with Crippen LogP contribution in [0.25, 0.3) is 0 Å². The van der Waals surface area contributed by atoms with E-state index in [0.717, 1.165) is 25.0 Å². The highest BCUT2D eigenvalue weighted by molar-refractivity contribution is 4.86. The number of unbranched alkanes of at least 4 members (excludes halogenated alkanes) is 6. The Morgan fingerprint density at radius 2 is 1.89 bits per heavy atom. The highest BCUT2D eigenvalue weighted by Crippen LogP contribution is 2.18. The molecule has 1 N–H and O–H groups in total. The largest absolute Gasteiger partial charge is 0.307 e. The molecule has 0 amide bonds. The van der Waals surface area contributed by atoms with Crippen LogP contribution in [0, 0.1) is 0 Å². The summed E-state index contributed by atoms with van der Waals surface area (Å²) in [5, 5.41) is 7.94. The smallest absolute Gasteiger partial charge is 0.164 e. The summed E-state index contributed by atoms with van der Waals surface area (Å²) in [6.07, 6.45) is 13.9. The molecule has 0 aliphatic heterocycles. The normalized spacial score (nSPS) is 15.0. The van der Waals surface area contributed by atoms with Crippen molar-refractivity contribution in [1.82, 2.24) is 20.1 Å². The molecule has 1 fully saturated rings. The number of nitrogens with one attached hydrogen (secondary N) is 1. The van der Waals surface area contributed by atoms with E-state index >= 15 is 0 Å². The number of aryl methyl sites for hydroxylation is 1. The van der Waals surface area contributed by atoms with Crippen LogP contribution in [0.1, 0.15) is 70.5 Å². The van der Waals surface area contributed by atoms with Crippen LogP contribution in [0.2, 0.25) is 0 Å². The van der Waals surface area contributed by atoms with Crippen molar-refractivity contribution >= 4 is 0 Å². The molecule has 1 saturated carbocycles. The Bertz CT molecular complexity index is 344. The number of hydrogen-bond donors (Lipinski definition) is 1. The van der Waals surface area contributed by atoms with Crippen LogP contribution in [0.15, 0.2) is 6.33 Å². The molecule has 1 aliphatic rings. The first-order chi connectivity index (χ1) is 9.38. The molecule has 0 unspecified atom stereocenters. The third-order valence-electron chi connectivity index (χ3n) is 3.70. The Hall–Kier alpha value is -0.900. The fourth-order valence-corrected chi connectivity index (χ4v) is 2.28. The zero-order chi connectivity index (χ0) is 13.3. The summed E-state index contributed by atoms with van der Waals surface area (Å²) in [5.41, 5.74) is 0. The fourth-order valence-electron chi connectivity index (χ4n) is 2.28. The second-order valence-corrected chi connectivity index (χ2v) is 5.70. The third-order valence-corrected chi connectivity index (χ3v) is 3.70. The van der Waals surface area contributed by atoms with Crippen LogP contribution in [0.4, 0.5) is 0 Å². The molecule has 19 heavy (non-hydrogen) atoms. The van der Waals surface area contributed by atoms with Gasteiger partial charge in [0.1, 0.15) is 6.33 Å². The molecule has 0 spiro atoms. The Balaban J connectivity index is 1.50. The number of nitrogens with zero attached hydrogens (tertiary/aromatic N) is 3. The summed E-state index contributed by atoms with van der Waals surface area (Å²) in [7, 11) is 0. The van der Waals surface area contributed by atoms with Crippen LogP contribution in [0.3, 0.4) is 0 Å². The van der Waals surface area contributed by atoms with Crippen LogP contribution in [-0.2, 0) is 13.1 Å². The lowest BCUT2D eigenvalue weighted by Gasteiger charge is -2.01. The Labute approximate surface area is 117 Å². The molecule has 1 aliphatic carbocycles. The van der Waals surface area contributed by atoms with Crippen molar-refractivity contribution in [3.8, 4) is 0 Å². The van der Waals surface area contributed by atoms with E-state index in [1.807, 2.05) is 11.0 Å². The van der Waals surface area contributed by atoms with E-state index in [1.165, 1.54) is 57.8 Å². The van der Waals surface area contributed by atoms with E-state index in [2.05, 4.69) is 22.3 Å². The zero-order valence-electron chi connectivity index (χ0n) is 12.3. The van der Waals surface area contributed by atoms with Crippen molar-refractivity contribution in [3.63, 3.8) is 0 Å². The van der Waals surface area contributed by atoms with E-state index in [4.69, 9.17) is 0 Å². The van der Waals surface area contributed by atoms with Crippen molar-refractivity contribution < 1.29 is 0 Å². The number of hydrogen-bond acceptors (Lipinski definition) is 3. The van der Waals surface area contributed by atoms with Crippen molar-refractivity contribution in [3.05, 3.63) is 12.2 Å². The molecular weight excluding hydrogens is 236 g/mol. The summed E-state index contributed by atoms with van der Waals surface area (Å²) in [5.74, 6) is 0.940. The van der Waals surface area contributed by atoms with Gasteiger partial charge in [0.25, 0.3) is 0 Å². The lowest BCUT2D eigenvalue weighted by atomic mass is 10.1. The Kier molecular flexibility index (Phi) is 6.34. The summed E-state index contributed by atoms with van der Waals surface area (Å²) >= 11 is 0. The van der Waals surface area contributed by atoms with Crippen molar-refractivity contribution in [2.75, 3.05) is 0 Å². The molecule has 1 heterocycles. The first-order valence-electron chi connectivity index (χ1n) is 8.00. The van der Waals surface area contributed by atoms with Gasteiger partial charge in [-0.05, 0) is 19.3 Å². The summed E-state index contributed by atoms with van der Waals surface area (Å²) < 4.78 is 2.00. The fraction of sp³-hybridized carbons (Fsp3) is 0.867. The van der Waals surface area contributed by atoms with Crippen LogP contribution in [0.5, 0.6) is 0 Å². The zero-order valence-corrected chi connectivity index (χ0v) is 12.3. The van der Waals surface area contributed by atoms with Gasteiger partial charge in [0, 0.05) is 12.6 Å². The predicted molar refractivity (Wildman–Crippen MR) is 77.9 cm³/mol. The molecule has 4 heteroatoms. The van der Waals surface area contributed by atoms with Gasteiger partial charge in [-0.25, -0.2) is 4.98 Å². The highest BCUT2D eigenvalue weighted by Gasteiger charge is 2.20. The first kappa shape index (κ1) is 14.5. The maximum Gasteiger partial charge on any atom is 0.164 e. The minimum Gasteiger partial charge on any atom is -0.307 e. The lowest BCUT2D eigenvalue weighted by molar-refractivity contribution is 0.517. The van der Waals surface area contributed by atoms with E-state index in [9.17, 15) is 0 Å². The van der Waals surface area contributed by atoms with Crippen LogP contribution >= 0.6 is 0 Å². The summed E-state index contributed by atoms with van der Waals surface area (Å²) in [4.78, 5) is 4.34. The van der Waals surface area contributed by atoms with E-state index in [-0.39, 0.29) is 0 Å². The van der Waals surface area contributed by atoms with Crippen molar-refractivity contribution in [2.24, 2.45) is 0 Å². The monoisotopic (exact) mass is 264 g/mol. The quantitative estimate of drug-likeness (QED) is 0.624. The van der Waals surface area contributed by atoms with Gasteiger partial charge in [0.15, 0.2) is 5.82 Å². The van der Waals surface area contributed by atoms with Gasteiger partial charge < -0.3 is 5.32 Å². The molecule has 0 atom stereocenters. The van der Waals surface area contributed by atoms with Gasteiger partial charge in [-0.1, -0.05) is 45.4 Å². The van der Waals surface area contributed by atoms with E-state index in [1.54, 1.807) is 0 Å². The number of rotatable bonds is 11. The predicted octanol–water partition coefficient (Wildman–Crippen LogP) is 3.28. The Morgan fingerprint density at radius 1 is 1.16 bits per heavy atom. The molecule has 108 valence electrons. The first-order valence-corrected chi connectivity index (χ1v) is 8.00. The molecular formula is C15H28N4. The average Bonchev–Trinajstić information content (AvgIpc) is 3.15. The second-order valence-electron chi connectivity index (χ2n) is 5.70. The molecule has 1 aromatic heterocycles. The van der Waals surface area contributed by atoms with E-state index in [0.29, 0.717) is 0 Å². The van der Waals surface area contributed by atoms with Gasteiger partial charge in [-0.15, -0.1) is 0 Å². The molecule has 1 aromatic rings. The lowest BCUT2D eigenvalue weighted by Crippen LogP contribution is -2.16. The maximum atomic E-state index is 4.50. The molecule has 0 saturated heterocycles. The maximum absolute atomic E-state index is 4.50. The molecule has 4 nitrogen and oxygen atoms in total. The highest BCUT2D eigenvalue weighted by atomic mass is 15.3. The molecule has 0 aromatic carbocycles. The minimum atomic E-state index is 0.732. The topological polar surface area (TPSA) is 42.7 Å². The second kappa shape index (κ2) is 8.31. The van der Waals surface area contributed by atoms with Crippen LogP contribution < -0.4 is 5.32 Å². The van der Waals surface area contributed by atoms with Gasteiger partial charge in [-0.2, -0.15) is 5.10 Å². The number of aromatic nitrogens is 3. The van der Waals surface area contributed by atoms with Gasteiger partial charge >= 0.3 is 0 Å². The average molecular weight is 264 g/mol. The third kappa shape index (κ3) is 6.19. The summed E-state index contributed by atoms with van der Waals surface area (Å²) in [6.45, 7) is 4.11. The van der Waals surface area contributed by atoms with Gasteiger partial charge in [0.05, 0.1) is 6.54 Å². The van der Waals surface area contributed by atoms with Crippen molar-refractivity contribution in [1.29, 1.82) is 0 Å². The van der Waals surface area contributed by atoms with Gasteiger partial charge in [-0.3, -0.25) is 4.68 Å². The summed E-state index contributed by atoms with van der Waals surface area (Å²) in [6, 6.07) is 0.732. The SMILES string of the molecule is CCCCCCCCCn1cnc(CNC2CC2)n1.